The van der Waals surface area contributed by atoms with Crippen molar-refractivity contribution in [1.29, 1.82) is 0 Å². The van der Waals surface area contributed by atoms with E-state index in [4.69, 9.17) is 0 Å². The average molecular weight is 336 g/mol. The standard InChI is InChI=1S/C17H20O5S/c1-8-3-5-9(6-4-8)23-7-10-14(18)11-12(15(19)20)13(11)17(10,2)16(21)22/h3-6,10-14,18H,7H2,1-2H3,(H,19,20)(H,21,22)/t10-,11+,12+,13+,14-,17-/m1/s1. The Morgan fingerprint density at radius 3 is 2.35 bits per heavy atom. The minimum atomic E-state index is -1.19. The minimum Gasteiger partial charge on any atom is -0.481 e. The van der Waals surface area contributed by atoms with E-state index >= 15 is 0 Å². The molecule has 0 radical (unpaired) electrons. The molecule has 2 aliphatic rings. The summed E-state index contributed by atoms with van der Waals surface area (Å²) >= 11 is 1.51. The molecule has 0 unspecified atom stereocenters. The average Bonchev–Trinajstić information content (AvgIpc) is 3.20. The van der Waals surface area contributed by atoms with Crippen molar-refractivity contribution < 1.29 is 24.9 Å². The molecule has 6 atom stereocenters. The molecule has 0 spiro atoms. The first-order valence-electron chi connectivity index (χ1n) is 7.62. The van der Waals surface area contributed by atoms with E-state index in [0.29, 0.717) is 5.75 Å². The van der Waals surface area contributed by atoms with Gasteiger partial charge in [-0.15, -0.1) is 11.8 Å². The van der Waals surface area contributed by atoms with Crippen LogP contribution in [0.5, 0.6) is 0 Å². The van der Waals surface area contributed by atoms with Gasteiger partial charge in [0.1, 0.15) is 0 Å². The van der Waals surface area contributed by atoms with E-state index in [1.807, 2.05) is 31.2 Å². The van der Waals surface area contributed by atoms with Gasteiger partial charge in [-0.3, -0.25) is 9.59 Å². The Kier molecular flexibility index (Phi) is 3.92. The number of aliphatic carboxylic acids is 2. The summed E-state index contributed by atoms with van der Waals surface area (Å²) < 4.78 is 0. The van der Waals surface area contributed by atoms with E-state index in [2.05, 4.69) is 0 Å². The quantitative estimate of drug-likeness (QED) is 0.713. The molecule has 6 heteroatoms. The van der Waals surface area contributed by atoms with Crippen molar-refractivity contribution in [3.05, 3.63) is 29.8 Å². The van der Waals surface area contributed by atoms with Crippen LogP contribution in [0.1, 0.15) is 12.5 Å². The Morgan fingerprint density at radius 2 is 1.83 bits per heavy atom. The smallest absolute Gasteiger partial charge is 0.310 e. The first-order valence-corrected chi connectivity index (χ1v) is 8.60. The molecule has 124 valence electrons. The van der Waals surface area contributed by atoms with Gasteiger partial charge in [0.25, 0.3) is 0 Å². The topological polar surface area (TPSA) is 94.8 Å². The molecule has 2 fully saturated rings. The van der Waals surface area contributed by atoms with Gasteiger partial charge in [-0.1, -0.05) is 17.7 Å². The summed E-state index contributed by atoms with van der Waals surface area (Å²) in [5.41, 5.74) is -0.0404. The van der Waals surface area contributed by atoms with Gasteiger partial charge in [0, 0.05) is 22.5 Å². The van der Waals surface area contributed by atoms with Crippen LogP contribution in [-0.4, -0.2) is 39.1 Å². The summed E-state index contributed by atoms with van der Waals surface area (Å²) in [4.78, 5) is 24.1. The SMILES string of the molecule is Cc1ccc(SC[C@@H]2[C@@H](O)[C@H]3[C@H](C(=O)O)[C@H]3[C@]2(C)C(=O)O)cc1. The second kappa shape index (κ2) is 5.53. The molecule has 0 aromatic heterocycles. The van der Waals surface area contributed by atoms with Crippen molar-refractivity contribution in [2.24, 2.45) is 29.1 Å². The molecule has 2 saturated carbocycles. The molecule has 1 aromatic rings. The van der Waals surface area contributed by atoms with E-state index in [9.17, 15) is 24.9 Å². The van der Waals surface area contributed by atoms with Crippen LogP contribution in [0.2, 0.25) is 0 Å². The van der Waals surface area contributed by atoms with E-state index in [0.717, 1.165) is 10.5 Å². The lowest BCUT2D eigenvalue weighted by Gasteiger charge is -2.32. The number of benzene rings is 1. The number of rotatable bonds is 5. The Balaban J connectivity index is 1.78. The van der Waals surface area contributed by atoms with Crippen LogP contribution in [0.15, 0.2) is 29.2 Å². The van der Waals surface area contributed by atoms with Crippen LogP contribution < -0.4 is 0 Å². The molecule has 0 saturated heterocycles. The van der Waals surface area contributed by atoms with Gasteiger partial charge in [-0.05, 0) is 31.9 Å². The van der Waals surface area contributed by atoms with Gasteiger partial charge in [0.05, 0.1) is 17.4 Å². The number of hydrogen-bond acceptors (Lipinski definition) is 4. The van der Waals surface area contributed by atoms with Crippen LogP contribution >= 0.6 is 11.8 Å². The number of hydrogen-bond donors (Lipinski definition) is 3. The van der Waals surface area contributed by atoms with Crippen molar-refractivity contribution in [2.75, 3.05) is 5.75 Å². The summed E-state index contributed by atoms with van der Waals surface area (Å²) in [6.45, 7) is 3.59. The van der Waals surface area contributed by atoms with Crippen LogP contribution in [0.4, 0.5) is 0 Å². The molecule has 0 bridgehead atoms. The third kappa shape index (κ3) is 2.44. The number of aliphatic hydroxyl groups excluding tert-OH is 1. The summed E-state index contributed by atoms with van der Waals surface area (Å²) in [6, 6.07) is 7.92. The van der Waals surface area contributed by atoms with Gasteiger partial charge in [-0.25, -0.2) is 0 Å². The van der Waals surface area contributed by atoms with Gasteiger partial charge >= 0.3 is 11.9 Å². The number of carboxylic acids is 2. The molecular weight excluding hydrogens is 316 g/mol. The van der Waals surface area contributed by atoms with Crippen LogP contribution in [0, 0.1) is 36.0 Å². The maximum absolute atomic E-state index is 11.8. The molecule has 2 aliphatic carbocycles. The van der Waals surface area contributed by atoms with Crippen LogP contribution in [0.25, 0.3) is 0 Å². The molecule has 1 aromatic carbocycles. The second-order valence-corrected chi connectivity index (χ2v) is 7.87. The number of aliphatic hydroxyl groups is 1. The van der Waals surface area contributed by atoms with Gasteiger partial charge in [0.2, 0.25) is 0 Å². The maximum Gasteiger partial charge on any atom is 0.310 e. The Hall–Kier alpha value is -1.53. The fourth-order valence-electron chi connectivity index (χ4n) is 4.11. The summed E-state index contributed by atoms with van der Waals surface area (Å²) in [6.07, 6.45) is -0.875. The lowest BCUT2D eigenvalue weighted by atomic mass is 9.74. The van der Waals surface area contributed by atoms with Crippen molar-refractivity contribution in [3.63, 3.8) is 0 Å². The third-order valence-electron chi connectivity index (χ3n) is 5.54. The van der Waals surface area contributed by atoms with E-state index in [1.54, 1.807) is 6.92 Å². The lowest BCUT2D eigenvalue weighted by molar-refractivity contribution is -0.154. The highest BCUT2D eigenvalue weighted by Crippen LogP contribution is 2.69. The Bertz CT molecular complexity index is 643. The summed E-state index contributed by atoms with van der Waals surface area (Å²) in [7, 11) is 0. The molecular formula is C17H20O5S. The van der Waals surface area contributed by atoms with Gasteiger partial charge in [0.15, 0.2) is 0 Å². The first-order chi connectivity index (χ1) is 10.8. The molecule has 23 heavy (non-hydrogen) atoms. The van der Waals surface area contributed by atoms with Crippen molar-refractivity contribution >= 4 is 23.7 Å². The first kappa shape index (κ1) is 16.3. The van der Waals surface area contributed by atoms with Crippen LogP contribution in [-0.2, 0) is 9.59 Å². The largest absolute Gasteiger partial charge is 0.481 e. The van der Waals surface area contributed by atoms with E-state index in [-0.39, 0.29) is 0 Å². The zero-order valence-corrected chi connectivity index (χ0v) is 13.8. The minimum absolute atomic E-state index is 0.433. The Labute approximate surface area is 138 Å². The normalized spacial score (nSPS) is 38.1. The summed E-state index contributed by atoms with van der Waals surface area (Å²) in [5, 5.41) is 29.4. The highest BCUT2D eigenvalue weighted by Gasteiger charge is 2.76. The predicted octanol–water partition coefficient (Wildman–Crippen LogP) is 2.12. The number of fused-ring (bicyclic) bond motifs is 1. The molecule has 0 heterocycles. The monoisotopic (exact) mass is 336 g/mol. The van der Waals surface area contributed by atoms with Crippen molar-refractivity contribution in [2.45, 2.75) is 24.8 Å². The Morgan fingerprint density at radius 1 is 1.22 bits per heavy atom. The lowest BCUT2D eigenvalue weighted by Crippen LogP contribution is -2.42. The van der Waals surface area contributed by atoms with E-state index < -0.39 is 47.1 Å². The number of carbonyl (C=O) groups is 2. The van der Waals surface area contributed by atoms with Gasteiger partial charge in [-0.2, -0.15) is 0 Å². The van der Waals surface area contributed by atoms with Gasteiger partial charge < -0.3 is 15.3 Å². The highest BCUT2D eigenvalue weighted by molar-refractivity contribution is 7.99. The zero-order valence-electron chi connectivity index (χ0n) is 13.0. The molecule has 3 N–H and O–H groups in total. The maximum atomic E-state index is 11.8. The molecule has 0 aliphatic heterocycles. The highest BCUT2D eigenvalue weighted by atomic mass is 32.2. The second-order valence-electron chi connectivity index (χ2n) is 6.78. The predicted molar refractivity (Wildman–Crippen MR) is 85.2 cm³/mol. The molecule has 5 nitrogen and oxygen atoms in total. The number of aryl methyl sites for hydroxylation is 1. The molecule has 0 amide bonds. The van der Waals surface area contributed by atoms with Crippen molar-refractivity contribution in [1.82, 2.24) is 0 Å². The molecule has 3 rings (SSSR count). The third-order valence-corrected chi connectivity index (χ3v) is 6.67. The summed E-state index contributed by atoms with van der Waals surface area (Å²) in [5.74, 6) is -3.64. The zero-order chi connectivity index (χ0) is 16.9. The fraction of sp³-hybridized carbons (Fsp3) is 0.529. The van der Waals surface area contributed by atoms with Crippen LogP contribution in [0.3, 0.4) is 0 Å². The number of carboxylic acid groups (broad SMARTS) is 2. The van der Waals surface area contributed by atoms with E-state index in [1.165, 1.54) is 11.8 Å². The van der Waals surface area contributed by atoms with Crippen molar-refractivity contribution in [3.8, 4) is 0 Å². The number of thioether (sulfide) groups is 1. The fourth-order valence-corrected chi connectivity index (χ4v) is 5.36.